The van der Waals surface area contributed by atoms with Gasteiger partial charge in [0.25, 0.3) is 0 Å². The van der Waals surface area contributed by atoms with Crippen LogP contribution in [0, 0.1) is 0 Å². The summed E-state index contributed by atoms with van der Waals surface area (Å²) in [5.74, 6) is -0.410. The summed E-state index contributed by atoms with van der Waals surface area (Å²) in [6, 6.07) is 0. The summed E-state index contributed by atoms with van der Waals surface area (Å²) in [6.45, 7) is 8.24. The predicted molar refractivity (Wildman–Crippen MR) is 108 cm³/mol. The first-order valence-electron chi connectivity index (χ1n) is 10.8. The molecule has 26 heavy (non-hydrogen) atoms. The van der Waals surface area contributed by atoms with Crippen molar-refractivity contribution < 1.29 is 19.0 Å². The number of esters is 1. The van der Waals surface area contributed by atoms with E-state index in [0.717, 1.165) is 19.1 Å². The van der Waals surface area contributed by atoms with Crippen LogP contribution in [0.4, 0.5) is 0 Å². The lowest BCUT2D eigenvalue weighted by molar-refractivity contribution is -0.139. The molecule has 0 fully saturated rings. The number of rotatable bonds is 21. The normalized spacial score (nSPS) is 10.8. The number of hydrogen-bond acceptors (Lipinski definition) is 4. The van der Waals surface area contributed by atoms with Crippen molar-refractivity contribution in [1.82, 2.24) is 0 Å². The van der Waals surface area contributed by atoms with Crippen molar-refractivity contribution in [2.24, 2.45) is 0 Å². The van der Waals surface area contributed by atoms with E-state index in [9.17, 15) is 4.79 Å². The van der Waals surface area contributed by atoms with Crippen LogP contribution >= 0.6 is 0 Å². The molecule has 0 heterocycles. The Morgan fingerprint density at radius 3 is 1.58 bits per heavy atom. The largest absolute Gasteiger partial charge is 0.460 e. The van der Waals surface area contributed by atoms with E-state index in [1.54, 1.807) is 0 Å². The van der Waals surface area contributed by atoms with Crippen molar-refractivity contribution >= 4 is 5.97 Å². The minimum absolute atomic E-state index is 0.268. The van der Waals surface area contributed by atoms with Gasteiger partial charge in [-0.3, -0.25) is 0 Å². The molecule has 0 aromatic rings. The van der Waals surface area contributed by atoms with E-state index in [4.69, 9.17) is 14.2 Å². The van der Waals surface area contributed by atoms with Gasteiger partial charge < -0.3 is 14.2 Å². The van der Waals surface area contributed by atoms with Gasteiger partial charge in [-0.15, -0.1) is 0 Å². The van der Waals surface area contributed by atoms with Crippen LogP contribution in [0.1, 0.15) is 90.4 Å². The van der Waals surface area contributed by atoms with Gasteiger partial charge in [-0.2, -0.15) is 0 Å². The van der Waals surface area contributed by atoms with E-state index in [1.807, 2.05) is 0 Å². The molecule has 0 aliphatic rings. The van der Waals surface area contributed by atoms with Crippen LogP contribution in [0.2, 0.25) is 0 Å². The summed E-state index contributed by atoms with van der Waals surface area (Å²) in [5, 5.41) is 0. The lowest BCUT2D eigenvalue weighted by Crippen LogP contribution is -2.11. The van der Waals surface area contributed by atoms with Gasteiger partial charge in [0.2, 0.25) is 0 Å². The maximum Gasteiger partial charge on any atom is 0.330 e. The van der Waals surface area contributed by atoms with Crippen LogP contribution in [0.5, 0.6) is 0 Å². The first kappa shape index (κ1) is 25.1. The predicted octanol–water partition coefficient (Wildman–Crippen LogP) is 5.84. The molecule has 0 rings (SSSR count). The molecule has 4 nitrogen and oxygen atoms in total. The molecule has 0 amide bonds. The average Bonchev–Trinajstić information content (AvgIpc) is 2.66. The molecule has 0 unspecified atom stereocenters. The molecule has 0 aromatic carbocycles. The Hall–Kier alpha value is -0.870. The Morgan fingerprint density at radius 2 is 1.08 bits per heavy atom. The summed E-state index contributed by atoms with van der Waals surface area (Å²) in [4.78, 5) is 10.8. The Bertz CT molecular complexity index is 305. The smallest absolute Gasteiger partial charge is 0.330 e. The topological polar surface area (TPSA) is 44.8 Å². The maximum atomic E-state index is 10.8. The quantitative estimate of drug-likeness (QED) is 0.145. The van der Waals surface area contributed by atoms with Crippen LogP contribution < -0.4 is 0 Å². The summed E-state index contributed by atoms with van der Waals surface area (Å²) >= 11 is 0. The molecule has 0 aliphatic heterocycles. The fraction of sp³-hybridized carbons (Fsp3) is 0.864. The SMILES string of the molecule is C=CC(=O)OCCOCCOCCCCCCCCCCCCCCC. The second kappa shape index (κ2) is 22.2. The Labute approximate surface area is 161 Å². The number of hydrogen-bond donors (Lipinski definition) is 0. The van der Waals surface area contributed by atoms with Crippen LogP contribution in [-0.4, -0.2) is 39.0 Å². The van der Waals surface area contributed by atoms with Crippen molar-refractivity contribution in [2.45, 2.75) is 90.4 Å². The van der Waals surface area contributed by atoms with E-state index in [-0.39, 0.29) is 6.61 Å². The van der Waals surface area contributed by atoms with Gasteiger partial charge in [0.15, 0.2) is 0 Å². The van der Waals surface area contributed by atoms with E-state index in [2.05, 4.69) is 13.5 Å². The van der Waals surface area contributed by atoms with Crippen molar-refractivity contribution in [3.63, 3.8) is 0 Å². The van der Waals surface area contributed by atoms with E-state index < -0.39 is 5.97 Å². The van der Waals surface area contributed by atoms with Gasteiger partial charge in [0.1, 0.15) is 6.61 Å². The number of unbranched alkanes of at least 4 members (excludes halogenated alkanes) is 12. The number of carbonyl (C=O) groups excluding carboxylic acids is 1. The minimum Gasteiger partial charge on any atom is -0.460 e. The molecule has 0 aliphatic carbocycles. The fourth-order valence-corrected chi connectivity index (χ4v) is 2.80. The highest BCUT2D eigenvalue weighted by atomic mass is 16.6. The zero-order valence-corrected chi connectivity index (χ0v) is 17.1. The number of ether oxygens (including phenoxy) is 3. The molecule has 154 valence electrons. The molecular formula is C22H42O4. The van der Waals surface area contributed by atoms with E-state index in [1.165, 1.54) is 77.0 Å². The van der Waals surface area contributed by atoms with Gasteiger partial charge in [0, 0.05) is 12.7 Å². The summed E-state index contributed by atoms with van der Waals surface area (Å²) in [5.41, 5.74) is 0. The maximum absolute atomic E-state index is 10.8. The average molecular weight is 371 g/mol. The van der Waals surface area contributed by atoms with Crippen molar-refractivity contribution in [3.05, 3.63) is 12.7 Å². The first-order valence-corrected chi connectivity index (χ1v) is 10.8. The van der Waals surface area contributed by atoms with E-state index >= 15 is 0 Å². The van der Waals surface area contributed by atoms with Gasteiger partial charge >= 0.3 is 5.97 Å². The van der Waals surface area contributed by atoms with Crippen molar-refractivity contribution in [2.75, 3.05) is 33.0 Å². The zero-order valence-electron chi connectivity index (χ0n) is 17.1. The second-order valence-electron chi connectivity index (χ2n) is 6.84. The number of carbonyl (C=O) groups is 1. The first-order chi connectivity index (χ1) is 12.8. The lowest BCUT2D eigenvalue weighted by Gasteiger charge is -2.06. The summed E-state index contributed by atoms with van der Waals surface area (Å²) in [6.07, 6.45) is 18.9. The van der Waals surface area contributed by atoms with Gasteiger partial charge in [0.05, 0.1) is 19.8 Å². The molecule has 4 heteroatoms. The lowest BCUT2D eigenvalue weighted by atomic mass is 10.0. The third-order valence-corrected chi connectivity index (χ3v) is 4.40. The van der Waals surface area contributed by atoms with Crippen molar-refractivity contribution in [3.8, 4) is 0 Å². The third kappa shape index (κ3) is 21.2. The van der Waals surface area contributed by atoms with Crippen LogP contribution in [0.3, 0.4) is 0 Å². The van der Waals surface area contributed by atoms with Crippen LogP contribution in [0.15, 0.2) is 12.7 Å². The minimum atomic E-state index is -0.410. The standard InChI is InChI=1S/C22H42O4/c1-3-5-6-7-8-9-10-11-12-13-14-15-16-17-24-18-19-25-20-21-26-22(23)4-2/h4H,2-3,5-21H2,1H3. The highest BCUT2D eigenvalue weighted by Gasteiger charge is 1.96. The molecule has 0 saturated carbocycles. The zero-order chi connectivity index (χ0) is 19.1. The van der Waals surface area contributed by atoms with E-state index in [0.29, 0.717) is 19.8 Å². The molecule has 0 atom stereocenters. The third-order valence-electron chi connectivity index (χ3n) is 4.40. The molecule has 0 spiro atoms. The Morgan fingerprint density at radius 1 is 0.654 bits per heavy atom. The molecule has 0 N–H and O–H groups in total. The fourth-order valence-electron chi connectivity index (χ4n) is 2.80. The van der Waals surface area contributed by atoms with Crippen LogP contribution in [-0.2, 0) is 19.0 Å². The summed E-state index contributed by atoms with van der Waals surface area (Å²) < 4.78 is 15.6. The summed E-state index contributed by atoms with van der Waals surface area (Å²) in [7, 11) is 0. The Kier molecular flexibility index (Phi) is 21.4. The van der Waals surface area contributed by atoms with Gasteiger partial charge in [-0.25, -0.2) is 4.79 Å². The highest BCUT2D eigenvalue weighted by Crippen LogP contribution is 2.12. The monoisotopic (exact) mass is 370 g/mol. The van der Waals surface area contributed by atoms with Gasteiger partial charge in [-0.05, 0) is 6.42 Å². The highest BCUT2D eigenvalue weighted by molar-refractivity contribution is 5.81. The van der Waals surface area contributed by atoms with Crippen LogP contribution in [0.25, 0.3) is 0 Å². The molecule has 0 bridgehead atoms. The molecule has 0 radical (unpaired) electrons. The molecule has 0 aromatic heterocycles. The Balaban J connectivity index is 3.01. The molecule has 0 saturated heterocycles. The second-order valence-corrected chi connectivity index (χ2v) is 6.84. The van der Waals surface area contributed by atoms with Gasteiger partial charge in [-0.1, -0.05) is 90.6 Å². The molecular weight excluding hydrogens is 328 g/mol. The van der Waals surface area contributed by atoms with Crippen molar-refractivity contribution in [1.29, 1.82) is 0 Å².